The van der Waals surface area contributed by atoms with E-state index in [0.29, 0.717) is 12.1 Å². The summed E-state index contributed by atoms with van der Waals surface area (Å²) < 4.78 is 27.7. The Balaban J connectivity index is 1.64. The van der Waals surface area contributed by atoms with Crippen molar-refractivity contribution in [2.24, 2.45) is 0 Å². The molecule has 0 saturated carbocycles. The molecule has 0 bridgehead atoms. The van der Waals surface area contributed by atoms with E-state index in [0.717, 1.165) is 38.0 Å². The van der Waals surface area contributed by atoms with Gasteiger partial charge in [0.2, 0.25) is 0 Å². The molecule has 2 aromatic carbocycles. The molecule has 2 aromatic rings. The van der Waals surface area contributed by atoms with Gasteiger partial charge in [0, 0.05) is 22.1 Å². The molecular formula is C20H22IN3O2S. The Morgan fingerprint density at radius 2 is 1.81 bits per heavy atom. The van der Waals surface area contributed by atoms with Crippen molar-refractivity contribution in [1.29, 1.82) is 5.26 Å². The van der Waals surface area contributed by atoms with Crippen molar-refractivity contribution in [2.75, 3.05) is 17.8 Å². The zero-order chi connectivity index (χ0) is 19.3. The summed E-state index contributed by atoms with van der Waals surface area (Å²) >= 11 is 2.43. The maximum atomic E-state index is 12.5. The minimum atomic E-state index is -3.58. The van der Waals surface area contributed by atoms with Crippen LogP contribution in [0.15, 0.2) is 59.5 Å². The highest BCUT2D eigenvalue weighted by molar-refractivity contribution is 14.1. The van der Waals surface area contributed by atoms with Gasteiger partial charge < -0.3 is 0 Å². The maximum absolute atomic E-state index is 12.5. The van der Waals surface area contributed by atoms with Crippen LogP contribution in [0.25, 0.3) is 0 Å². The lowest BCUT2D eigenvalue weighted by molar-refractivity contribution is 0.199. The van der Waals surface area contributed by atoms with Crippen LogP contribution in [-0.4, -0.2) is 29.8 Å². The summed E-state index contributed by atoms with van der Waals surface area (Å²) in [4.78, 5) is 2.61. The average Bonchev–Trinajstić information content (AvgIpc) is 2.65. The lowest BCUT2D eigenvalue weighted by Crippen LogP contribution is -2.40. The van der Waals surface area contributed by atoms with E-state index in [9.17, 15) is 8.42 Å². The minimum Gasteiger partial charge on any atom is -0.299 e. The van der Waals surface area contributed by atoms with Crippen molar-refractivity contribution in [3.8, 4) is 6.07 Å². The molecule has 27 heavy (non-hydrogen) atoms. The number of halogens is 1. The number of alkyl halides is 1. The van der Waals surface area contributed by atoms with Crippen molar-refractivity contribution in [2.45, 2.75) is 34.1 Å². The molecule has 3 rings (SSSR count). The average molecular weight is 495 g/mol. The lowest BCUT2D eigenvalue weighted by Gasteiger charge is -2.36. The van der Waals surface area contributed by atoms with Gasteiger partial charge in [-0.3, -0.25) is 9.62 Å². The third-order valence-corrected chi connectivity index (χ3v) is 7.64. The van der Waals surface area contributed by atoms with Gasteiger partial charge in [0.05, 0.1) is 11.0 Å². The number of nitrogens with zero attached hydrogens (tertiary/aromatic N) is 2. The van der Waals surface area contributed by atoms with Crippen LogP contribution in [0.4, 0.5) is 5.69 Å². The second-order valence-corrected chi connectivity index (χ2v) is 10.9. The number of hydrogen-bond acceptors (Lipinski definition) is 4. The Hall–Kier alpha value is -1.63. The number of likely N-dealkylation sites (tertiary alicyclic amines) is 1. The highest BCUT2D eigenvalue weighted by Crippen LogP contribution is 2.35. The van der Waals surface area contributed by atoms with E-state index >= 15 is 0 Å². The first-order valence-corrected chi connectivity index (χ1v) is 11.4. The lowest BCUT2D eigenvalue weighted by atomic mass is 9.94. The van der Waals surface area contributed by atoms with Crippen LogP contribution in [0, 0.1) is 11.3 Å². The molecule has 7 heteroatoms. The molecule has 1 aliphatic heterocycles. The summed E-state index contributed by atoms with van der Waals surface area (Å²) in [6.45, 7) is 2.68. The quantitative estimate of drug-likeness (QED) is 0.483. The first kappa shape index (κ1) is 20.1. The summed E-state index contributed by atoms with van der Waals surface area (Å²) in [6.07, 6.45) is 2.60. The molecule has 0 amide bonds. The zero-order valence-corrected chi connectivity index (χ0v) is 17.9. The Labute approximate surface area is 174 Å². The Morgan fingerprint density at radius 3 is 2.48 bits per heavy atom. The van der Waals surface area contributed by atoms with E-state index in [1.165, 1.54) is 0 Å². The molecule has 0 radical (unpaired) electrons. The zero-order valence-electron chi connectivity index (χ0n) is 14.9. The van der Waals surface area contributed by atoms with E-state index < -0.39 is 10.0 Å². The monoisotopic (exact) mass is 495 g/mol. The van der Waals surface area contributed by atoms with Gasteiger partial charge in [-0.2, -0.15) is 5.26 Å². The number of piperidine rings is 1. The van der Waals surface area contributed by atoms with Gasteiger partial charge in [-0.25, -0.2) is 8.42 Å². The van der Waals surface area contributed by atoms with Gasteiger partial charge in [0.25, 0.3) is 10.0 Å². The molecular weight excluding hydrogens is 473 g/mol. The van der Waals surface area contributed by atoms with Gasteiger partial charge in [0.1, 0.15) is 0 Å². The van der Waals surface area contributed by atoms with Crippen molar-refractivity contribution in [3.63, 3.8) is 0 Å². The fraction of sp³-hybridized carbons (Fsp3) is 0.350. The van der Waals surface area contributed by atoms with Crippen LogP contribution in [-0.2, 0) is 16.6 Å². The summed E-state index contributed by atoms with van der Waals surface area (Å²) in [6, 6.07) is 18.2. The number of nitriles is 1. The summed E-state index contributed by atoms with van der Waals surface area (Å²) in [5.74, 6) is 0. The van der Waals surface area contributed by atoms with Crippen LogP contribution >= 0.6 is 22.6 Å². The summed E-state index contributed by atoms with van der Waals surface area (Å²) in [7, 11) is -3.58. The van der Waals surface area contributed by atoms with Crippen molar-refractivity contribution < 1.29 is 8.42 Å². The highest BCUT2D eigenvalue weighted by Gasteiger charge is 2.31. The molecule has 0 unspecified atom stereocenters. The van der Waals surface area contributed by atoms with Crippen LogP contribution in [0.3, 0.4) is 0 Å². The van der Waals surface area contributed by atoms with E-state index in [2.05, 4.69) is 38.3 Å². The highest BCUT2D eigenvalue weighted by atomic mass is 127. The fourth-order valence-electron chi connectivity index (χ4n) is 3.24. The molecule has 1 saturated heterocycles. The molecule has 5 nitrogen and oxygen atoms in total. The molecule has 0 atom stereocenters. The SMILES string of the molecule is N#CCC1(I)CCN(Cc2cccc(NS(=O)(=O)c3ccccc3)c2)CC1. The molecule has 1 N–H and O–H groups in total. The molecule has 142 valence electrons. The van der Waals surface area contributed by atoms with Crippen LogP contribution in [0.5, 0.6) is 0 Å². The number of rotatable bonds is 6. The Bertz CT molecular complexity index is 918. The van der Waals surface area contributed by atoms with Crippen molar-refractivity contribution >= 4 is 38.3 Å². The molecule has 0 spiro atoms. The van der Waals surface area contributed by atoms with Gasteiger partial charge in [-0.05, 0) is 55.8 Å². The van der Waals surface area contributed by atoms with E-state index in [1.54, 1.807) is 36.4 Å². The third-order valence-electron chi connectivity index (χ3n) is 4.79. The molecule has 0 aromatic heterocycles. The predicted molar refractivity (Wildman–Crippen MR) is 115 cm³/mol. The van der Waals surface area contributed by atoms with E-state index in [4.69, 9.17) is 5.26 Å². The Kier molecular flexibility index (Phi) is 6.40. The number of benzene rings is 2. The van der Waals surface area contributed by atoms with Gasteiger partial charge >= 0.3 is 0 Å². The van der Waals surface area contributed by atoms with Crippen LogP contribution in [0.1, 0.15) is 24.8 Å². The largest absolute Gasteiger partial charge is 0.299 e. The molecule has 1 heterocycles. The fourth-order valence-corrected chi connectivity index (χ4v) is 4.96. The predicted octanol–water partition coefficient (Wildman–Crippen LogP) is 4.17. The maximum Gasteiger partial charge on any atom is 0.261 e. The standard InChI is InChI=1S/C20H22IN3O2S/c21-20(9-12-22)10-13-24(14-11-20)16-17-5-4-6-18(15-17)23-27(25,26)19-7-2-1-3-8-19/h1-8,15,23H,9-11,13-14,16H2. The summed E-state index contributed by atoms with van der Waals surface area (Å²) in [5, 5.41) is 8.97. The first-order chi connectivity index (χ1) is 12.9. The topological polar surface area (TPSA) is 73.2 Å². The van der Waals surface area contributed by atoms with E-state index in [-0.39, 0.29) is 8.32 Å². The smallest absolute Gasteiger partial charge is 0.261 e. The minimum absolute atomic E-state index is 0.0934. The van der Waals surface area contributed by atoms with Crippen LogP contribution in [0.2, 0.25) is 0 Å². The molecule has 1 fully saturated rings. The number of sulfonamides is 1. The number of anilines is 1. The number of nitrogens with one attached hydrogen (secondary N) is 1. The second kappa shape index (κ2) is 8.59. The Morgan fingerprint density at radius 1 is 1.11 bits per heavy atom. The van der Waals surface area contributed by atoms with Gasteiger partial charge in [0.15, 0.2) is 0 Å². The summed E-state index contributed by atoms with van der Waals surface area (Å²) in [5.41, 5.74) is 1.64. The molecule has 0 aliphatic carbocycles. The van der Waals surface area contributed by atoms with Crippen molar-refractivity contribution in [3.05, 3.63) is 60.2 Å². The normalized spacial score (nSPS) is 17.2. The number of hydrogen-bond donors (Lipinski definition) is 1. The van der Waals surface area contributed by atoms with Gasteiger partial charge in [-0.15, -0.1) is 0 Å². The molecule has 1 aliphatic rings. The second-order valence-electron chi connectivity index (χ2n) is 6.88. The van der Waals surface area contributed by atoms with E-state index in [1.807, 2.05) is 18.2 Å². The van der Waals surface area contributed by atoms with Crippen LogP contribution < -0.4 is 4.72 Å². The van der Waals surface area contributed by atoms with Gasteiger partial charge in [-0.1, -0.05) is 52.9 Å². The third kappa shape index (κ3) is 5.43. The first-order valence-electron chi connectivity index (χ1n) is 8.85. The van der Waals surface area contributed by atoms with Crippen molar-refractivity contribution in [1.82, 2.24) is 4.90 Å².